The highest BCUT2D eigenvalue weighted by Gasteiger charge is 2.13. The van der Waals surface area contributed by atoms with E-state index in [2.05, 4.69) is 42.3 Å². The summed E-state index contributed by atoms with van der Waals surface area (Å²) in [4.78, 5) is 4.83. The second-order valence-corrected chi connectivity index (χ2v) is 6.04. The number of imidazole rings is 1. The first-order chi connectivity index (χ1) is 10.5. The van der Waals surface area contributed by atoms with E-state index in [0.29, 0.717) is 0 Å². The molecule has 2 aromatic carbocycles. The molecular formula is C19H21N3. The smallest absolute Gasteiger partial charge is 0.141 e. The molecule has 1 aromatic heterocycles. The third-order valence-electron chi connectivity index (χ3n) is 3.87. The van der Waals surface area contributed by atoms with Crippen LogP contribution in [0, 0.1) is 13.8 Å². The maximum absolute atomic E-state index is 6.07. The molecule has 0 bridgehead atoms. The Morgan fingerprint density at radius 1 is 1.18 bits per heavy atom. The number of aromatic nitrogens is 2. The maximum atomic E-state index is 6.07. The predicted molar refractivity (Wildman–Crippen MR) is 93.9 cm³/mol. The molecule has 22 heavy (non-hydrogen) atoms. The van der Waals surface area contributed by atoms with Gasteiger partial charge in [-0.05, 0) is 50.1 Å². The van der Waals surface area contributed by atoms with Crippen molar-refractivity contribution in [1.29, 1.82) is 0 Å². The summed E-state index contributed by atoms with van der Waals surface area (Å²) in [6.07, 6.45) is 0. The lowest BCUT2D eigenvalue weighted by molar-refractivity contribution is 0.820. The number of benzene rings is 2. The number of hydrogen-bond acceptors (Lipinski definition) is 2. The minimum Gasteiger partial charge on any atom is -0.398 e. The quantitative estimate of drug-likeness (QED) is 0.571. The average molecular weight is 291 g/mol. The van der Waals surface area contributed by atoms with Crippen LogP contribution in [0.5, 0.6) is 0 Å². The summed E-state index contributed by atoms with van der Waals surface area (Å²) in [7, 11) is 0. The maximum Gasteiger partial charge on any atom is 0.141 e. The van der Waals surface area contributed by atoms with Crippen molar-refractivity contribution in [2.24, 2.45) is 0 Å². The number of rotatable bonds is 3. The number of hydrogen-bond donors (Lipinski definition) is 1. The molecule has 2 N–H and O–H groups in total. The van der Waals surface area contributed by atoms with Crippen LogP contribution in [0.15, 0.2) is 48.6 Å². The Morgan fingerprint density at radius 2 is 1.95 bits per heavy atom. The summed E-state index contributed by atoms with van der Waals surface area (Å²) in [5, 5.41) is 0. The molecule has 112 valence electrons. The van der Waals surface area contributed by atoms with Gasteiger partial charge < -0.3 is 10.3 Å². The third kappa shape index (κ3) is 2.50. The van der Waals surface area contributed by atoms with Gasteiger partial charge in [-0.15, -0.1) is 0 Å². The fraction of sp³-hybridized carbons (Fsp3) is 0.211. The zero-order chi connectivity index (χ0) is 15.9. The molecule has 0 spiro atoms. The summed E-state index contributed by atoms with van der Waals surface area (Å²) >= 11 is 0. The standard InChI is InChI=1S/C19H21N3/c1-12(2)11-22-18-8-5-13(3)9-17(18)21-19(22)15-7-6-14(4)16(20)10-15/h5-10H,1,11,20H2,2-4H3. The van der Waals surface area contributed by atoms with Crippen molar-refractivity contribution in [3.05, 3.63) is 59.7 Å². The van der Waals surface area contributed by atoms with Gasteiger partial charge in [0.05, 0.1) is 11.0 Å². The number of allylic oxidation sites excluding steroid dienone is 1. The van der Waals surface area contributed by atoms with Crippen LogP contribution in [0.2, 0.25) is 0 Å². The fourth-order valence-corrected chi connectivity index (χ4v) is 2.67. The molecule has 0 aliphatic rings. The topological polar surface area (TPSA) is 43.8 Å². The van der Waals surface area contributed by atoms with Crippen LogP contribution in [0.3, 0.4) is 0 Å². The molecule has 0 fully saturated rings. The predicted octanol–water partition coefficient (Wildman–Crippen LogP) is 4.48. The van der Waals surface area contributed by atoms with Crippen molar-refractivity contribution in [1.82, 2.24) is 9.55 Å². The monoisotopic (exact) mass is 291 g/mol. The SMILES string of the molecule is C=C(C)Cn1c(-c2ccc(C)c(N)c2)nc2cc(C)ccc21. The molecule has 0 radical (unpaired) electrons. The van der Waals surface area contributed by atoms with Crippen LogP contribution in [0.1, 0.15) is 18.1 Å². The van der Waals surface area contributed by atoms with Gasteiger partial charge in [0.15, 0.2) is 0 Å². The highest BCUT2D eigenvalue weighted by atomic mass is 15.1. The summed E-state index contributed by atoms with van der Waals surface area (Å²) in [5.74, 6) is 0.940. The zero-order valence-corrected chi connectivity index (χ0v) is 13.4. The number of nitrogen functional groups attached to an aromatic ring is 1. The minimum atomic E-state index is 0.753. The highest BCUT2D eigenvalue weighted by molar-refractivity contribution is 5.82. The van der Waals surface area contributed by atoms with E-state index < -0.39 is 0 Å². The highest BCUT2D eigenvalue weighted by Crippen LogP contribution is 2.28. The van der Waals surface area contributed by atoms with E-state index in [1.54, 1.807) is 0 Å². The number of nitrogens with two attached hydrogens (primary N) is 1. The molecule has 0 amide bonds. The van der Waals surface area contributed by atoms with Crippen LogP contribution in [0.4, 0.5) is 5.69 Å². The molecule has 3 nitrogen and oxygen atoms in total. The van der Waals surface area contributed by atoms with Gasteiger partial charge in [-0.2, -0.15) is 0 Å². The second-order valence-electron chi connectivity index (χ2n) is 6.04. The molecule has 0 unspecified atom stereocenters. The third-order valence-corrected chi connectivity index (χ3v) is 3.87. The van der Waals surface area contributed by atoms with Crippen molar-refractivity contribution >= 4 is 16.7 Å². The Kier molecular flexibility index (Phi) is 3.49. The number of nitrogens with zero attached hydrogens (tertiary/aromatic N) is 2. The van der Waals surface area contributed by atoms with Crippen LogP contribution in [-0.2, 0) is 6.54 Å². The van der Waals surface area contributed by atoms with Gasteiger partial charge >= 0.3 is 0 Å². The van der Waals surface area contributed by atoms with E-state index >= 15 is 0 Å². The van der Waals surface area contributed by atoms with E-state index in [-0.39, 0.29) is 0 Å². The molecular weight excluding hydrogens is 270 g/mol. The van der Waals surface area contributed by atoms with Gasteiger partial charge in [-0.1, -0.05) is 30.4 Å². The van der Waals surface area contributed by atoms with Crippen LogP contribution >= 0.6 is 0 Å². The fourth-order valence-electron chi connectivity index (χ4n) is 2.67. The van der Waals surface area contributed by atoms with Crippen molar-refractivity contribution in [3.8, 4) is 11.4 Å². The normalized spacial score (nSPS) is 11.0. The molecule has 0 atom stereocenters. The van der Waals surface area contributed by atoms with Crippen molar-refractivity contribution in [3.63, 3.8) is 0 Å². The second kappa shape index (κ2) is 5.34. The molecule has 1 heterocycles. The minimum absolute atomic E-state index is 0.753. The van der Waals surface area contributed by atoms with Crippen molar-refractivity contribution in [2.45, 2.75) is 27.3 Å². The summed E-state index contributed by atoms with van der Waals surface area (Å²) in [6.45, 7) is 10.9. The summed E-state index contributed by atoms with van der Waals surface area (Å²) < 4.78 is 2.21. The average Bonchev–Trinajstić information content (AvgIpc) is 2.79. The molecule has 0 aliphatic carbocycles. The molecule has 3 rings (SSSR count). The molecule has 0 aliphatic heterocycles. The van der Waals surface area contributed by atoms with Gasteiger partial charge in [0.25, 0.3) is 0 Å². The zero-order valence-electron chi connectivity index (χ0n) is 13.4. The van der Waals surface area contributed by atoms with E-state index in [4.69, 9.17) is 10.7 Å². The Hall–Kier alpha value is -2.55. The van der Waals surface area contributed by atoms with Crippen LogP contribution in [-0.4, -0.2) is 9.55 Å². The number of fused-ring (bicyclic) bond motifs is 1. The molecule has 0 saturated carbocycles. The van der Waals surface area contributed by atoms with Gasteiger partial charge in [0.2, 0.25) is 0 Å². The Morgan fingerprint density at radius 3 is 2.64 bits per heavy atom. The summed E-state index contributed by atoms with van der Waals surface area (Å²) in [6, 6.07) is 12.5. The van der Waals surface area contributed by atoms with Gasteiger partial charge in [-0.3, -0.25) is 0 Å². The number of aryl methyl sites for hydroxylation is 2. The van der Waals surface area contributed by atoms with Crippen molar-refractivity contribution in [2.75, 3.05) is 5.73 Å². The largest absolute Gasteiger partial charge is 0.398 e. The van der Waals surface area contributed by atoms with E-state index in [0.717, 1.165) is 45.8 Å². The van der Waals surface area contributed by atoms with E-state index in [1.807, 2.05) is 26.0 Å². The first kappa shape index (κ1) is 14.4. The van der Waals surface area contributed by atoms with Gasteiger partial charge in [0, 0.05) is 17.8 Å². The lowest BCUT2D eigenvalue weighted by Gasteiger charge is -2.10. The van der Waals surface area contributed by atoms with Crippen LogP contribution < -0.4 is 5.73 Å². The summed E-state index contributed by atoms with van der Waals surface area (Å²) in [5.41, 5.74) is 13.4. The van der Waals surface area contributed by atoms with E-state index in [1.165, 1.54) is 5.56 Å². The first-order valence-corrected chi connectivity index (χ1v) is 7.43. The lowest BCUT2D eigenvalue weighted by Crippen LogP contribution is -2.02. The van der Waals surface area contributed by atoms with Crippen LogP contribution in [0.25, 0.3) is 22.4 Å². The van der Waals surface area contributed by atoms with Gasteiger partial charge in [-0.25, -0.2) is 4.98 Å². The lowest BCUT2D eigenvalue weighted by atomic mass is 10.1. The van der Waals surface area contributed by atoms with Crippen molar-refractivity contribution < 1.29 is 0 Å². The van der Waals surface area contributed by atoms with Gasteiger partial charge in [0.1, 0.15) is 5.82 Å². The number of anilines is 1. The van der Waals surface area contributed by atoms with E-state index in [9.17, 15) is 0 Å². The molecule has 3 heteroatoms. The Labute approximate surface area is 131 Å². The Bertz CT molecular complexity index is 872. The molecule has 3 aromatic rings. The first-order valence-electron chi connectivity index (χ1n) is 7.43. The molecule has 0 saturated heterocycles. The Balaban J connectivity index is 2.26.